The van der Waals surface area contributed by atoms with Crippen LogP contribution in [0.5, 0.6) is 0 Å². The number of aromatic nitrogens is 1. The molecule has 1 aromatic carbocycles. The van der Waals surface area contributed by atoms with E-state index in [1.807, 2.05) is 0 Å². The predicted octanol–water partition coefficient (Wildman–Crippen LogP) is 4.01. The molecule has 0 bridgehead atoms. The summed E-state index contributed by atoms with van der Waals surface area (Å²) in [6, 6.07) is 8.36. The molecule has 0 aliphatic carbocycles. The first-order chi connectivity index (χ1) is 14.7. The lowest BCUT2D eigenvalue weighted by Gasteiger charge is -2.30. The Morgan fingerprint density at radius 2 is 2.00 bits per heavy atom. The van der Waals surface area contributed by atoms with Crippen LogP contribution in [0.25, 0.3) is 10.2 Å². The summed E-state index contributed by atoms with van der Waals surface area (Å²) in [7, 11) is -3.68. The zero-order valence-electron chi connectivity index (χ0n) is 16.4. The van der Waals surface area contributed by atoms with Crippen molar-refractivity contribution in [3.63, 3.8) is 0 Å². The van der Waals surface area contributed by atoms with Crippen molar-refractivity contribution in [2.75, 3.05) is 23.7 Å². The van der Waals surface area contributed by atoms with Crippen LogP contribution in [0.3, 0.4) is 0 Å². The number of fused-ring (bicyclic) bond motifs is 1. The summed E-state index contributed by atoms with van der Waals surface area (Å²) >= 11 is 8.19. The highest BCUT2D eigenvalue weighted by atomic mass is 35.5. The molecule has 8 nitrogen and oxygen atoms in total. The van der Waals surface area contributed by atoms with Crippen molar-refractivity contribution < 1.29 is 18.0 Å². The first kappa shape index (κ1) is 22.2. The lowest BCUT2D eigenvalue weighted by molar-refractivity contribution is -0.121. The second-order valence-corrected chi connectivity index (χ2v) is 12.0. The molecule has 1 saturated heterocycles. The van der Waals surface area contributed by atoms with E-state index in [4.69, 9.17) is 11.6 Å². The van der Waals surface area contributed by atoms with Crippen molar-refractivity contribution in [3.8, 4) is 0 Å². The van der Waals surface area contributed by atoms with Crippen molar-refractivity contribution in [2.24, 2.45) is 5.92 Å². The van der Waals surface area contributed by atoms with Gasteiger partial charge in [0.25, 0.3) is 10.0 Å². The van der Waals surface area contributed by atoms with Crippen LogP contribution in [-0.2, 0) is 19.6 Å². The molecule has 1 aliphatic rings. The van der Waals surface area contributed by atoms with Crippen molar-refractivity contribution in [2.45, 2.75) is 24.0 Å². The van der Waals surface area contributed by atoms with Gasteiger partial charge >= 0.3 is 0 Å². The topological polar surface area (TPSA) is 108 Å². The molecule has 3 heterocycles. The van der Waals surface area contributed by atoms with Crippen LogP contribution in [0, 0.1) is 5.92 Å². The minimum Gasteiger partial charge on any atom is -0.326 e. The SMILES string of the molecule is CC(=O)Nc1ccc2nc(NC(=O)C3CCCN(S(=O)(=O)c4ccc(Cl)s4)C3)sc2c1. The van der Waals surface area contributed by atoms with Gasteiger partial charge in [0.15, 0.2) is 5.13 Å². The number of anilines is 2. The summed E-state index contributed by atoms with van der Waals surface area (Å²) in [6.45, 7) is 1.92. The van der Waals surface area contributed by atoms with Gasteiger partial charge in [-0.1, -0.05) is 22.9 Å². The number of amides is 2. The molecule has 0 radical (unpaired) electrons. The minimum atomic E-state index is -3.68. The maximum absolute atomic E-state index is 12.9. The molecule has 2 N–H and O–H groups in total. The molecule has 2 amide bonds. The molecule has 1 aliphatic heterocycles. The Morgan fingerprint density at radius 1 is 1.19 bits per heavy atom. The molecule has 0 spiro atoms. The standard InChI is InChI=1S/C19H19ClN4O4S3/c1-11(25)21-13-4-5-14-15(9-13)29-19(22-14)23-18(26)12-3-2-8-24(10-12)31(27,28)17-7-6-16(20)30-17/h4-7,9,12H,2-3,8,10H2,1H3,(H,21,25)(H,22,23,26). The first-order valence-corrected chi connectivity index (χ1v) is 12.9. The summed E-state index contributed by atoms with van der Waals surface area (Å²) in [5, 5.41) is 5.97. The number of halogens is 1. The smallest absolute Gasteiger partial charge is 0.252 e. The van der Waals surface area contributed by atoms with Gasteiger partial charge in [-0.15, -0.1) is 11.3 Å². The highest BCUT2D eigenvalue weighted by molar-refractivity contribution is 7.91. The Balaban J connectivity index is 1.46. The maximum atomic E-state index is 12.9. The van der Waals surface area contributed by atoms with Crippen LogP contribution in [0.4, 0.5) is 10.8 Å². The number of hydrogen-bond donors (Lipinski definition) is 2. The van der Waals surface area contributed by atoms with Gasteiger partial charge < -0.3 is 10.6 Å². The molecule has 2 aromatic heterocycles. The number of sulfonamides is 1. The summed E-state index contributed by atoms with van der Waals surface area (Å²) in [4.78, 5) is 28.5. The average Bonchev–Trinajstić information content (AvgIpc) is 3.33. The molecular weight excluding hydrogens is 480 g/mol. The number of thiophene rings is 1. The minimum absolute atomic E-state index is 0.112. The molecule has 1 unspecified atom stereocenters. The van der Waals surface area contributed by atoms with Gasteiger partial charge in [-0.25, -0.2) is 13.4 Å². The Kier molecular flexibility index (Phi) is 6.31. The van der Waals surface area contributed by atoms with Crippen LogP contribution in [0.2, 0.25) is 4.34 Å². The summed E-state index contributed by atoms with van der Waals surface area (Å²) in [5.41, 5.74) is 1.36. The van der Waals surface area contributed by atoms with E-state index in [2.05, 4.69) is 15.6 Å². The zero-order valence-corrected chi connectivity index (χ0v) is 19.6. The number of carbonyl (C=O) groups excluding carboxylic acids is 2. The van der Waals surface area contributed by atoms with Gasteiger partial charge in [-0.2, -0.15) is 4.31 Å². The average molecular weight is 499 g/mol. The maximum Gasteiger partial charge on any atom is 0.252 e. The van der Waals surface area contributed by atoms with E-state index in [1.165, 1.54) is 28.6 Å². The zero-order chi connectivity index (χ0) is 22.2. The fourth-order valence-corrected chi connectivity index (χ4v) is 7.47. The predicted molar refractivity (Wildman–Crippen MR) is 123 cm³/mol. The fraction of sp³-hybridized carbons (Fsp3) is 0.316. The molecule has 1 fully saturated rings. The molecule has 31 heavy (non-hydrogen) atoms. The van der Waals surface area contributed by atoms with Crippen molar-refractivity contribution in [3.05, 3.63) is 34.7 Å². The molecule has 4 rings (SSSR count). The third kappa shape index (κ3) is 4.90. The van der Waals surface area contributed by atoms with Crippen LogP contribution in [0.15, 0.2) is 34.5 Å². The van der Waals surface area contributed by atoms with Crippen molar-refractivity contribution in [1.29, 1.82) is 0 Å². The lowest BCUT2D eigenvalue weighted by Crippen LogP contribution is -2.43. The Hall–Kier alpha value is -2.05. The molecule has 12 heteroatoms. The number of nitrogens with one attached hydrogen (secondary N) is 2. The number of rotatable bonds is 5. The van der Waals surface area contributed by atoms with E-state index in [1.54, 1.807) is 24.3 Å². The van der Waals surface area contributed by atoms with E-state index < -0.39 is 15.9 Å². The van der Waals surface area contributed by atoms with Crippen LogP contribution in [0.1, 0.15) is 19.8 Å². The highest BCUT2D eigenvalue weighted by Gasteiger charge is 2.34. The normalized spacial score (nSPS) is 17.5. The highest BCUT2D eigenvalue weighted by Crippen LogP contribution is 2.32. The lowest BCUT2D eigenvalue weighted by atomic mass is 9.99. The van der Waals surface area contributed by atoms with E-state index in [0.717, 1.165) is 16.0 Å². The summed E-state index contributed by atoms with van der Waals surface area (Å²) in [6.07, 6.45) is 1.19. The van der Waals surface area contributed by atoms with Crippen LogP contribution in [-0.4, -0.2) is 42.6 Å². The Bertz CT molecular complexity index is 1250. The van der Waals surface area contributed by atoms with E-state index >= 15 is 0 Å². The van der Waals surface area contributed by atoms with Gasteiger partial charge in [-0.05, 0) is 43.2 Å². The van der Waals surface area contributed by atoms with Crippen LogP contribution >= 0.6 is 34.3 Å². The van der Waals surface area contributed by atoms with Gasteiger partial charge in [-0.3, -0.25) is 9.59 Å². The fourth-order valence-electron chi connectivity index (χ4n) is 3.40. The molecule has 0 saturated carbocycles. The molecular formula is C19H19ClN4O4S3. The van der Waals surface area contributed by atoms with Crippen molar-refractivity contribution >= 4 is 77.1 Å². The number of piperidine rings is 1. The first-order valence-electron chi connectivity index (χ1n) is 9.47. The largest absolute Gasteiger partial charge is 0.326 e. The van der Waals surface area contributed by atoms with Gasteiger partial charge in [0.05, 0.1) is 20.5 Å². The molecule has 1 atom stereocenters. The third-order valence-electron chi connectivity index (χ3n) is 4.84. The number of thiazole rings is 1. The van der Waals surface area contributed by atoms with Gasteiger partial charge in [0.2, 0.25) is 11.8 Å². The Labute approximate surface area is 192 Å². The Morgan fingerprint density at radius 3 is 2.71 bits per heavy atom. The number of benzene rings is 1. The monoisotopic (exact) mass is 498 g/mol. The summed E-state index contributed by atoms with van der Waals surface area (Å²) < 4.78 is 28.5. The van der Waals surface area contributed by atoms with Crippen LogP contribution < -0.4 is 10.6 Å². The van der Waals surface area contributed by atoms with E-state index in [-0.39, 0.29) is 22.6 Å². The van der Waals surface area contributed by atoms with Gasteiger partial charge in [0, 0.05) is 25.7 Å². The second-order valence-electron chi connectivity index (χ2n) is 7.13. The van der Waals surface area contributed by atoms with Gasteiger partial charge in [0.1, 0.15) is 4.21 Å². The number of nitrogens with zero attached hydrogens (tertiary/aromatic N) is 2. The molecule has 164 valence electrons. The van der Waals surface area contributed by atoms with E-state index in [9.17, 15) is 18.0 Å². The summed E-state index contributed by atoms with van der Waals surface area (Å²) in [5.74, 6) is -0.898. The van der Waals surface area contributed by atoms with E-state index in [0.29, 0.717) is 40.1 Å². The third-order valence-corrected chi connectivity index (χ3v) is 9.33. The molecule has 3 aromatic rings. The second kappa shape index (κ2) is 8.83. The van der Waals surface area contributed by atoms with Crippen molar-refractivity contribution in [1.82, 2.24) is 9.29 Å². The number of hydrogen-bond acceptors (Lipinski definition) is 7. The number of carbonyl (C=O) groups is 2. The quantitative estimate of drug-likeness (QED) is 0.552.